The van der Waals surface area contributed by atoms with E-state index in [1.807, 2.05) is 6.92 Å². The van der Waals surface area contributed by atoms with Crippen LogP contribution < -0.4 is 5.32 Å². The zero-order valence-corrected chi connectivity index (χ0v) is 12.0. The molecule has 94 valence electrons. The van der Waals surface area contributed by atoms with Crippen molar-refractivity contribution in [1.82, 2.24) is 4.98 Å². The number of carbonyl (C=O) groups is 1. The summed E-state index contributed by atoms with van der Waals surface area (Å²) in [7, 11) is 0. The number of carboxylic acids is 1. The summed E-state index contributed by atoms with van der Waals surface area (Å²) < 4.78 is 0.838. The normalized spacial score (nSPS) is 10.3. The number of aromatic nitrogens is 1. The monoisotopic (exact) mass is 326 g/mol. The topological polar surface area (TPSA) is 62.2 Å². The number of benzene rings is 1. The van der Waals surface area contributed by atoms with Gasteiger partial charge in [-0.2, -0.15) is 0 Å². The molecule has 0 saturated carbocycles. The predicted octanol–water partition coefficient (Wildman–Crippen LogP) is 3.52. The summed E-state index contributed by atoms with van der Waals surface area (Å²) in [4.78, 5) is 16.4. The van der Waals surface area contributed by atoms with Crippen LogP contribution in [-0.2, 0) is 6.54 Å². The number of rotatable bonds is 4. The number of carboxylic acid groups (broad SMARTS) is 1. The van der Waals surface area contributed by atoms with Crippen molar-refractivity contribution in [2.45, 2.75) is 13.5 Å². The van der Waals surface area contributed by atoms with E-state index in [1.165, 1.54) is 0 Å². The Balaban J connectivity index is 2.17. The van der Waals surface area contributed by atoms with Crippen LogP contribution in [0.2, 0.25) is 0 Å². The van der Waals surface area contributed by atoms with Gasteiger partial charge in [0.25, 0.3) is 0 Å². The van der Waals surface area contributed by atoms with Crippen LogP contribution in [0.4, 0.5) is 5.69 Å². The van der Waals surface area contributed by atoms with E-state index in [1.54, 1.807) is 35.7 Å². The van der Waals surface area contributed by atoms with Gasteiger partial charge in [-0.1, -0.05) is 15.9 Å². The maximum Gasteiger partial charge on any atom is 0.337 e. The van der Waals surface area contributed by atoms with Crippen molar-refractivity contribution >= 4 is 38.9 Å². The maximum atomic E-state index is 11.1. The first-order valence-electron chi connectivity index (χ1n) is 5.24. The van der Waals surface area contributed by atoms with Crippen LogP contribution in [0.15, 0.2) is 28.9 Å². The van der Waals surface area contributed by atoms with E-state index in [4.69, 9.17) is 5.11 Å². The first-order valence-corrected chi connectivity index (χ1v) is 6.85. The lowest BCUT2D eigenvalue weighted by atomic mass is 10.2. The number of aromatic carboxylic acids is 1. The number of hydrogen-bond acceptors (Lipinski definition) is 4. The fourth-order valence-electron chi connectivity index (χ4n) is 1.50. The highest BCUT2D eigenvalue weighted by atomic mass is 79.9. The molecule has 2 N–H and O–H groups in total. The highest BCUT2D eigenvalue weighted by Crippen LogP contribution is 2.22. The second-order valence-electron chi connectivity index (χ2n) is 3.71. The van der Waals surface area contributed by atoms with Gasteiger partial charge in [-0.3, -0.25) is 0 Å². The van der Waals surface area contributed by atoms with Crippen molar-refractivity contribution in [2.24, 2.45) is 0 Å². The van der Waals surface area contributed by atoms with Gasteiger partial charge in [-0.05, 0) is 25.1 Å². The molecule has 1 aromatic carbocycles. The molecule has 6 heteroatoms. The Hall–Kier alpha value is -1.40. The lowest BCUT2D eigenvalue weighted by Gasteiger charge is -2.08. The number of anilines is 1. The van der Waals surface area contributed by atoms with Gasteiger partial charge < -0.3 is 10.4 Å². The lowest BCUT2D eigenvalue weighted by molar-refractivity contribution is 0.0698. The summed E-state index contributed by atoms with van der Waals surface area (Å²) in [5, 5.41) is 13.1. The van der Waals surface area contributed by atoms with E-state index in [9.17, 15) is 4.79 Å². The number of thiazole rings is 1. The molecular weight excluding hydrogens is 316 g/mol. The molecule has 4 nitrogen and oxygen atoms in total. The van der Waals surface area contributed by atoms with Crippen LogP contribution in [0.25, 0.3) is 0 Å². The Morgan fingerprint density at radius 1 is 1.56 bits per heavy atom. The number of hydrogen-bond donors (Lipinski definition) is 2. The predicted molar refractivity (Wildman–Crippen MR) is 75.3 cm³/mol. The van der Waals surface area contributed by atoms with Gasteiger partial charge in [0.15, 0.2) is 0 Å². The third kappa shape index (κ3) is 3.08. The van der Waals surface area contributed by atoms with Crippen LogP contribution in [0.1, 0.15) is 20.2 Å². The number of nitrogens with one attached hydrogen (secondary N) is 1. The number of aryl methyl sites for hydroxylation is 1. The largest absolute Gasteiger partial charge is 0.478 e. The zero-order chi connectivity index (χ0) is 13.1. The van der Waals surface area contributed by atoms with Crippen LogP contribution in [0.5, 0.6) is 0 Å². The SMILES string of the molecule is Cc1cnc(CNc2cc(Br)ccc2C(=O)O)s1. The van der Waals surface area contributed by atoms with Crippen molar-refractivity contribution in [3.8, 4) is 0 Å². The van der Waals surface area contributed by atoms with Gasteiger partial charge in [0.2, 0.25) is 0 Å². The zero-order valence-electron chi connectivity index (χ0n) is 9.61. The summed E-state index contributed by atoms with van der Waals surface area (Å²) in [5.41, 5.74) is 0.844. The van der Waals surface area contributed by atoms with Gasteiger partial charge in [-0.25, -0.2) is 9.78 Å². The highest BCUT2D eigenvalue weighted by Gasteiger charge is 2.10. The van der Waals surface area contributed by atoms with E-state index in [2.05, 4.69) is 26.2 Å². The second kappa shape index (κ2) is 5.49. The molecule has 0 bridgehead atoms. The third-order valence-corrected chi connectivity index (χ3v) is 3.72. The van der Waals surface area contributed by atoms with Gasteiger partial charge in [0.1, 0.15) is 5.01 Å². The van der Waals surface area contributed by atoms with Gasteiger partial charge in [0.05, 0.1) is 17.8 Å². The molecule has 18 heavy (non-hydrogen) atoms. The molecule has 0 aliphatic carbocycles. The molecule has 0 amide bonds. The molecule has 0 fully saturated rings. The Morgan fingerprint density at radius 3 is 2.94 bits per heavy atom. The Morgan fingerprint density at radius 2 is 2.33 bits per heavy atom. The molecule has 0 saturated heterocycles. The standard InChI is InChI=1S/C12H11BrN2O2S/c1-7-5-15-11(18-7)6-14-10-4-8(13)2-3-9(10)12(16)17/h2-5,14H,6H2,1H3,(H,16,17). The lowest BCUT2D eigenvalue weighted by Crippen LogP contribution is -2.06. The number of nitrogens with zero attached hydrogens (tertiary/aromatic N) is 1. The molecule has 2 aromatic rings. The van der Waals surface area contributed by atoms with Crippen LogP contribution in [0.3, 0.4) is 0 Å². The second-order valence-corrected chi connectivity index (χ2v) is 5.95. The molecule has 1 heterocycles. The van der Waals surface area contributed by atoms with E-state index in [0.717, 1.165) is 14.4 Å². The molecule has 0 aliphatic heterocycles. The number of halogens is 1. The van der Waals surface area contributed by atoms with Crippen molar-refractivity contribution in [3.05, 3.63) is 44.3 Å². The minimum absolute atomic E-state index is 0.256. The Bertz CT molecular complexity index is 583. The molecule has 0 atom stereocenters. The van der Waals surface area contributed by atoms with Gasteiger partial charge in [-0.15, -0.1) is 11.3 Å². The van der Waals surface area contributed by atoms with Crippen molar-refractivity contribution in [2.75, 3.05) is 5.32 Å². The smallest absolute Gasteiger partial charge is 0.337 e. The molecule has 0 unspecified atom stereocenters. The summed E-state index contributed by atoms with van der Waals surface area (Å²) in [6.07, 6.45) is 1.81. The summed E-state index contributed by atoms with van der Waals surface area (Å²) in [5.74, 6) is -0.944. The van der Waals surface area contributed by atoms with Crippen molar-refractivity contribution < 1.29 is 9.90 Å². The van der Waals surface area contributed by atoms with Gasteiger partial charge >= 0.3 is 5.97 Å². The highest BCUT2D eigenvalue weighted by molar-refractivity contribution is 9.10. The average Bonchev–Trinajstić information content (AvgIpc) is 2.72. The van der Waals surface area contributed by atoms with E-state index in [0.29, 0.717) is 12.2 Å². The first-order chi connectivity index (χ1) is 8.56. The van der Waals surface area contributed by atoms with Crippen molar-refractivity contribution in [3.63, 3.8) is 0 Å². The van der Waals surface area contributed by atoms with E-state index < -0.39 is 5.97 Å². The molecule has 1 aromatic heterocycles. The van der Waals surface area contributed by atoms with Gasteiger partial charge in [0, 0.05) is 15.5 Å². The van der Waals surface area contributed by atoms with E-state index >= 15 is 0 Å². The molecule has 2 rings (SSSR count). The summed E-state index contributed by atoms with van der Waals surface area (Å²) in [6, 6.07) is 5.04. The third-order valence-electron chi connectivity index (χ3n) is 2.31. The fourth-order valence-corrected chi connectivity index (χ4v) is 2.59. The Kier molecular flexibility index (Phi) is 3.98. The quantitative estimate of drug-likeness (QED) is 0.902. The first kappa shape index (κ1) is 13.0. The van der Waals surface area contributed by atoms with Crippen LogP contribution in [0, 0.1) is 6.92 Å². The molecular formula is C12H11BrN2O2S. The molecule has 0 spiro atoms. The van der Waals surface area contributed by atoms with Crippen LogP contribution >= 0.6 is 27.3 Å². The summed E-state index contributed by atoms with van der Waals surface area (Å²) in [6.45, 7) is 2.51. The minimum Gasteiger partial charge on any atom is -0.478 e. The van der Waals surface area contributed by atoms with Crippen LogP contribution in [-0.4, -0.2) is 16.1 Å². The average molecular weight is 327 g/mol. The summed E-state index contributed by atoms with van der Waals surface area (Å²) >= 11 is 4.92. The molecule has 0 radical (unpaired) electrons. The molecule has 0 aliphatic rings. The minimum atomic E-state index is -0.944. The maximum absolute atomic E-state index is 11.1. The van der Waals surface area contributed by atoms with E-state index in [-0.39, 0.29) is 5.56 Å². The van der Waals surface area contributed by atoms with Crippen molar-refractivity contribution in [1.29, 1.82) is 0 Å². The fraction of sp³-hybridized carbons (Fsp3) is 0.167. The Labute approximate surface area is 117 Å².